The van der Waals surface area contributed by atoms with Gasteiger partial charge >= 0.3 is 0 Å². The Morgan fingerprint density at radius 3 is 2.47 bits per heavy atom. The number of nitrogens with zero attached hydrogens (tertiary/aromatic N) is 3. The number of carbonyl (C=O) groups is 1. The fourth-order valence-electron chi connectivity index (χ4n) is 5.11. The summed E-state index contributed by atoms with van der Waals surface area (Å²) >= 11 is 5.15. The molecule has 1 aromatic carbocycles. The maximum absolute atomic E-state index is 13.6. The summed E-state index contributed by atoms with van der Waals surface area (Å²) in [4.78, 5) is 21.6. The second-order valence-electron chi connectivity index (χ2n) is 9.06. The van der Waals surface area contributed by atoms with Crippen LogP contribution in [-0.2, 0) is 4.79 Å². The molecule has 3 fully saturated rings. The molecular weight excluding hydrogens is 482 g/mol. The molecule has 32 heavy (non-hydrogen) atoms. The van der Waals surface area contributed by atoms with E-state index in [-0.39, 0.29) is 5.91 Å². The fourth-order valence-corrected chi connectivity index (χ4v) is 6.59. The van der Waals surface area contributed by atoms with Gasteiger partial charge in [-0.2, -0.15) is 0 Å². The Hall–Kier alpha value is -1.79. The van der Waals surface area contributed by atoms with E-state index in [9.17, 15) is 4.79 Å². The zero-order valence-corrected chi connectivity index (χ0v) is 20.8. The Bertz CT molecular complexity index is 1030. The van der Waals surface area contributed by atoms with Gasteiger partial charge in [0.1, 0.15) is 0 Å². The summed E-state index contributed by atoms with van der Waals surface area (Å²) in [7, 11) is 0. The zero-order valence-electron chi connectivity index (χ0n) is 18.4. The van der Waals surface area contributed by atoms with Gasteiger partial charge in [0.25, 0.3) is 5.91 Å². The maximum Gasteiger partial charge on any atom is 0.267 e. The molecule has 0 bridgehead atoms. The molecule has 0 atom stereocenters. The minimum atomic E-state index is 0.137. The quantitative estimate of drug-likeness (QED) is 0.407. The lowest BCUT2D eigenvalue weighted by Crippen LogP contribution is -2.41. The van der Waals surface area contributed by atoms with Crippen LogP contribution in [-0.4, -0.2) is 32.6 Å². The van der Waals surface area contributed by atoms with E-state index in [0.717, 1.165) is 51.6 Å². The van der Waals surface area contributed by atoms with Gasteiger partial charge < -0.3 is 4.57 Å². The number of aliphatic imine (C=N–C) groups is 1. The lowest BCUT2D eigenvalue weighted by Gasteiger charge is -2.31. The Morgan fingerprint density at radius 2 is 1.72 bits per heavy atom. The van der Waals surface area contributed by atoms with E-state index in [4.69, 9.17) is 4.99 Å². The van der Waals surface area contributed by atoms with Gasteiger partial charge in [-0.3, -0.25) is 14.7 Å². The third-order valence-corrected chi connectivity index (χ3v) is 8.28. The predicted octanol–water partition coefficient (Wildman–Crippen LogP) is 7.18. The van der Waals surface area contributed by atoms with Crippen LogP contribution in [0, 0.1) is 0 Å². The molecule has 2 saturated carbocycles. The van der Waals surface area contributed by atoms with Gasteiger partial charge in [-0.05, 0) is 73.9 Å². The van der Waals surface area contributed by atoms with Gasteiger partial charge in [0.15, 0.2) is 5.17 Å². The third kappa shape index (κ3) is 4.76. The van der Waals surface area contributed by atoms with Crippen molar-refractivity contribution in [2.45, 2.75) is 76.3 Å². The van der Waals surface area contributed by atoms with Gasteiger partial charge in [-0.25, -0.2) is 0 Å². The number of aromatic nitrogens is 1. The topological polar surface area (TPSA) is 37.6 Å². The number of amidine groups is 1. The van der Waals surface area contributed by atoms with E-state index in [1.807, 2.05) is 30.5 Å². The van der Waals surface area contributed by atoms with E-state index in [0.29, 0.717) is 12.1 Å². The molecule has 2 aliphatic carbocycles. The van der Waals surface area contributed by atoms with Gasteiger partial charge in [0.2, 0.25) is 0 Å². The van der Waals surface area contributed by atoms with Crippen LogP contribution in [0.1, 0.15) is 69.9 Å². The summed E-state index contributed by atoms with van der Waals surface area (Å²) in [5.41, 5.74) is 2.09. The van der Waals surface area contributed by atoms with Crippen LogP contribution in [0.25, 0.3) is 11.8 Å². The Labute approximate surface area is 203 Å². The monoisotopic (exact) mass is 511 g/mol. The number of hydrogen-bond acceptors (Lipinski definition) is 3. The molecule has 5 rings (SSSR count). The molecular formula is C26H30BrN3OS. The number of carbonyl (C=O) groups excluding carboxylic acids is 1. The molecule has 1 amide bonds. The van der Waals surface area contributed by atoms with Gasteiger partial charge in [-0.15, -0.1) is 0 Å². The minimum absolute atomic E-state index is 0.137. The zero-order chi connectivity index (χ0) is 21.9. The average molecular weight is 513 g/mol. The highest BCUT2D eigenvalue weighted by molar-refractivity contribution is 9.10. The van der Waals surface area contributed by atoms with Crippen LogP contribution < -0.4 is 0 Å². The summed E-state index contributed by atoms with van der Waals surface area (Å²) in [5.74, 6) is 0.137. The molecule has 0 radical (unpaired) electrons. The molecule has 1 saturated heterocycles. The van der Waals surface area contributed by atoms with E-state index in [1.165, 1.54) is 38.5 Å². The average Bonchev–Trinajstić information content (AvgIpc) is 3.40. The molecule has 1 aromatic heterocycles. The fraction of sp³-hybridized carbons (Fsp3) is 0.462. The van der Waals surface area contributed by atoms with E-state index < -0.39 is 0 Å². The smallest absolute Gasteiger partial charge is 0.267 e. The molecule has 4 nitrogen and oxygen atoms in total. The Balaban J connectivity index is 1.47. The standard InChI is InChI=1S/C26H30BrN3OS/c27-19-9-7-14-22(17-19)29-16-8-15-23(29)18-24-25(31)30(21-12-5-2-6-13-21)26(32-24)28-20-10-3-1-4-11-20/h7-9,14-18,20-21H,1-6,10-13H2/b24-18-,28-26?. The molecule has 1 aliphatic heterocycles. The number of rotatable bonds is 4. The number of amides is 1. The first kappa shape index (κ1) is 22.0. The highest BCUT2D eigenvalue weighted by atomic mass is 79.9. The highest BCUT2D eigenvalue weighted by Gasteiger charge is 2.39. The molecule has 0 N–H and O–H groups in total. The molecule has 3 aliphatic rings. The van der Waals surface area contributed by atoms with Crippen molar-refractivity contribution in [3.8, 4) is 5.69 Å². The number of benzene rings is 1. The van der Waals surface area contributed by atoms with Crippen LogP contribution in [0.2, 0.25) is 0 Å². The molecule has 0 spiro atoms. The van der Waals surface area contributed by atoms with E-state index in [1.54, 1.807) is 11.8 Å². The first-order valence-electron chi connectivity index (χ1n) is 11.9. The number of halogens is 1. The summed E-state index contributed by atoms with van der Waals surface area (Å²) in [5, 5.41) is 0.945. The Kier molecular flexibility index (Phi) is 6.88. The summed E-state index contributed by atoms with van der Waals surface area (Å²) in [6, 6.07) is 13.0. The van der Waals surface area contributed by atoms with Crippen LogP contribution in [0.5, 0.6) is 0 Å². The normalized spacial score (nSPS) is 23.5. The largest absolute Gasteiger partial charge is 0.317 e. The second-order valence-corrected chi connectivity index (χ2v) is 11.0. The van der Waals surface area contributed by atoms with Crippen molar-refractivity contribution in [1.82, 2.24) is 9.47 Å². The minimum Gasteiger partial charge on any atom is -0.317 e. The predicted molar refractivity (Wildman–Crippen MR) is 137 cm³/mol. The SMILES string of the molecule is O=C1/C(=C/c2cccn2-c2cccc(Br)c2)SC(=NC2CCCCC2)N1C1CCCCC1. The lowest BCUT2D eigenvalue weighted by atomic mass is 9.94. The van der Waals surface area contributed by atoms with Gasteiger partial charge in [0.05, 0.1) is 10.9 Å². The van der Waals surface area contributed by atoms with Crippen molar-refractivity contribution in [2.75, 3.05) is 0 Å². The summed E-state index contributed by atoms with van der Waals surface area (Å²) < 4.78 is 3.17. The number of hydrogen-bond donors (Lipinski definition) is 0. The summed E-state index contributed by atoms with van der Waals surface area (Å²) in [6.45, 7) is 0. The van der Waals surface area contributed by atoms with Gasteiger partial charge in [-0.1, -0.05) is 60.5 Å². The van der Waals surface area contributed by atoms with E-state index >= 15 is 0 Å². The lowest BCUT2D eigenvalue weighted by molar-refractivity contribution is -0.124. The van der Waals surface area contributed by atoms with E-state index in [2.05, 4.69) is 43.6 Å². The first-order chi connectivity index (χ1) is 15.7. The van der Waals surface area contributed by atoms with Crippen molar-refractivity contribution in [3.63, 3.8) is 0 Å². The van der Waals surface area contributed by atoms with Crippen LogP contribution in [0.3, 0.4) is 0 Å². The van der Waals surface area contributed by atoms with Crippen LogP contribution >= 0.6 is 27.7 Å². The van der Waals surface area contributed by atoms with Crippen molar-refractivity contribution in [1.29, 1.82) is 0 Å². The molecule has 168 valence electrons. The van der Waals surface area contributed by atoms with Crippen LogP contribution in [0.15, 0.2) is 57.0 Å². The first-order valence-corrected chi connectivity index (χ1v) is 13.5. The van der Waals surface area contributed by atoms with Crippen molar-refractivity contribution in [2.24, 2.45) is 4.99 Å². The van der Waals surface area contributed by atoms with Crippen LogP contribution in [0.4, 0.5) is 0 Å². The third-order valence-electron chi connectivity index (χ3n) is 6.79. The van der Waals surface area contributed by atoms with Gasteiger partial charge in [0, 0.05) is 28.1 Å². The molecule has 0 unspecified atom stereocenters. The molecule has 2 aromatic rings. The summed E-state index contributed by atoms with van der Waals surface area (Å²) in [6.07, 6.45) is 16.1. The molecule has 6 heteroatoms. The number of thioether (sulfide) groups is 1. The highest BCUT2D eigenvalue weighted by Crippen LogP contribution is 2.38. The second kappa shape index (κ2) is 10.0. The Morgan fingerprint density at radius 1 is 0.969 bits per heavy atom. The van der Waals surface area contributed by atoms with Crippen molar-refractivity contribution < 1.29 is 4.79 Å². The van der Waals surface area contributed by atoms with Crippen molar-refractivity contribution in [3.05, 3.63) is 57.7 Å². The van der Waals surface area contributed by atoms with Crippen molar-refractivity contribution >= 4 is 44.8 Å². The molecule has 2 heterocycles. The maximum atomic E-state index is 13.6.